The smallest absolute Gasteiger partial charge is 0.379 e. The molecule has 0 radical (unpaired) electrons. The Morgan fingerprint density at radius 3 is 2.45 bits per heavy atom. The lowest BCUT2D eigenvalue weighted by Crippen LogP contribution is -2.53. The van der Waals surface area contributed by atoms with Crippen LogP contribution in [0.1, 0.15) is 23.0 Å². The molecule has 0 bridgehead atoms. The van der Waals surface area contributed by atoms with Gasteiger partial charge in [0.05, 0.1) is 11.7 Å². The lowest BCUT2D eigenvalue weighted by molar-refractivity contribution is -0.144. The van der Waals surface area contributed by atoms with E-state index in [0.717, 1.165) is 19.1 Å². The van der Waals surface area contributed by atoms with Crippen molar-refractivity contribution < 1.29 is 22.7 Å². The van der Waals surface area contributed by atoms with Gasteiger partial charge in [0.2, 0.25) is 0 Å². The fourth-order valence-electron chi connectivity index (χ4n) is 2.41. The molecule has 0 atom stereocenters. The van der Waals surface area contributed by atoms with Gasteiger partial charge in [-0.3, -0.25) is 14.5 Å². The number of likely N-dealkylation sites (tertiary alicyclic amines) is 1. The van der Waals surface area contributed by atoms with Crippen LogP contribution in [0.25, 0.3) is 0 Å². The van der Waals surface area contributed by atoms with E-state index in [2.05, 4.69) is 0 Å². The number of pyridine rings is 1. The number of hydrogen-bond donors (Lipinski definition) is 0. The average Bonchev–Trinajstić information content (AvgIpc) is 2.36. The molecule has 0 spiro atoms. The van der Waals surface area contributed by atoms with Gasteiger partial charge >= 0.3 is 6.18 Å². The molecule has 0 saturated carbocycles. The Hall–Kier alpha value is -1.67. The van der Waals surface area contributed by atoms with E-state index in [9.17, 15) is 22.8 Å². The Labute approximate surface area is 125 Å². The van der Waals surface area contributed by atoms with Gasteiger partial charge in [0.25, 0.3) is 5.56 Å². The van der Waals surface area contributed by atoms with Crippen LogP contribution in [0.3, 0.4) is 0 Å². The van der Waals surface area contributed by atoms with Crippen molar-refractivity contribution >= 4 is 5.78 Å². The fourth-order valence-corrected chi connectivity index (χ4v) is 2.41. The second kappa shape index (κ2) is 6.21. The number of ketones is 1. The van der Waals surface area contributed by atoms with Crippen molar-refractivity contribution in [1.29, 1.82) is 0 Å². The molecule has 2 heterocycles. The number of nitrogens with zero attached hydrogens (tertiary/aromatic N) is 2. The molecule has 2 rings (SSSR count). The normalized spacial score (nSPS) is 16.6. The number of carbonyl (C=O) groups is 1. The summed E-state index contributed by atoms with van der Waals surface area (Å²) in [7, 11) is 1.57. The molecule has 8 heteroatoms. The summed E-state index contributed by atoms with van der Waals surface area (Å²) in [6, 6.07) is 1.72. The Balaban J connectivity index is 2.25. The van der Waals surface area contributed by atoms with Crippen molar-refractivity contribution in [2.24, 2.45) is 0 Å². The number of Topliss-reactive ketones (excluding diaryl/α,β-unsaturated/α-hetero) is 1. The minimum atomic E-state index is -4.64. The van der Waals surface area contributed by atoms with Gasteiger partial charge in [-0.05, 0) is 19.1 Å². The quantitative estimate of drug-likeness (QED) is 0.770. The Morgan fingerprint density at radius 1 is 1.32 bits per heavy atom. The number of ether oxygens (including phenoxy) is 1. The van der Waals surface area contributed by atoms with Gasteiger partial charge in [-0.2, -0.15) is 13.2 Å². The highest BCUT2D eigenvalue weighted by atomic mass is 19.4. The molecule has 1 aliphatic heterocycles. The molecule has 1 fully saturated rings. The molecule has 1 aromatic rings. The summed E-state index contributed by atoms with van der Waals surface area (Å²) in [5, 5.41) is 0. The average molecular weight is 318 g/mol. The highest BCUT2D eigenvalue weighted by molar-refractivity contribution is 5.93. The van der Waals surface area contributed by atoms with Crippen molar-refractivity contribution in [3.05, 3.63) is 33.7 Å². The first kappa shape index (κ1) is 16.7. The lowest BCUT2D eigenvalue weighted by Gasteiger charge is -2.38. The van der Waals surface area contributed by atoms with Gasteiger partial charge < -0.3 is 9.30 Å². The van der Waals surface area contributed by atoms with Crippen LogP contribution in [0.15, 0.2) is 16.9 Å². The molecular weight excluding hydrogens is 301 g/mol. The van der Waals surface area contributed by atoms with E-state index in [4.69, 9.17) is 4.74 Å². The molecule has 22 heavy (non-hydrogen) atoms. The number of rotatable bonds is 5. The van der Waals surface area contributed by atoms with E-state index in [1.807, 2.05) is 4.90 Å². The largest absolute Gasteiger partial charge is 0.431 e. The molecule has 1 saturated heterocycles. The van der Waals surface area contributed by atoms with Crippen LogP contribution in [0, 0.1) is 0 Å². The van der Waals surface area contributed by atoms with E-state index in [1.54, 1.807) is 7.11 Å². The van der Waals surface area contributed by atoms with Gasteiger partial charge in [-0.25, -0.2) is 0 Å². The van der Waals surface area contributed by atoms with Gasteiger partial charge in [-0.15, -0.1) is 0 Å². The summed E-state index contributed by atoms with van der Waals surface area (Å²) < 4.78 is 44.8. The third-order valence-electron chi connectivity index (χ3n) is 3.74. The molecule has 1 aliphatic rings. The third-order valence-corrected chi connectivity index (χ3v) is 3.74. The molecule has 1 aromatic heterocycles. The van der Waals surface area contributed by atoms with Crippen LogP contribution >= 0.6 is 0 Å². The van der Waals surface area contributed by atoms with Crippen molar-refractivity contribution in [2.45, 2.75) is 25.7 Å². The van der Waals surface area contributed by atoms with Crippen LogP contribution in [-0.4, -0.2) is 48.1 Å². The van der Waals surface area contributed by atoms with Gasteiger partial charge in [0.15, 0.2) is 5.78 Å². The SMILES string of the molecule is COC1CN(CCn2c(C(F)(F)F)ccc(C(C)=O)c2=O)C1. The van der Waals surface area contributed by atoms with Crippen molar-refractivity contribution in [2.75, 3.05) is 26.7 Å². The minimum absolute atomic E-state index is 0.0855. The topological polar surface area (TPSA) is 51.5 Å². The van der Waals surface area contributed by atoms with Crippen LogP contribution in [0.5, 0.6) is 0 Å². The number of halogens is 3. The highest BCUT2D eigenvalue weighted by Gasteiger charge is 2.35. The maximum atomic E-state index is 13.0. The summed E-state index contributed by atoms with van der Waals surface area (Å²) in [4.78, 5) is 25.4. The van der Waals surface area contributed by atoms with E-state index in [-0.39, 0.29) is 18.2 Å². The van der Waals surface area contributed by atoms with Crippen LogP contribution in [0.4, 0.5) is 13.2 Å². The molecule has 0 aliphatic carbocycles. The molecule has 0 aromatic carbocycles. The van der Waals surface area contributed by atoms with Crippen LogP contribution < -0.4 is 5.56 Å². The first-order chi connectivity index (χ1) is 10.2. The number of aromatic nitrogens is 1. The first-order valence-electron chi connectivity index (χ1n) is 6.81. The summed E-state index contributed by atoms with van der Waals surface area (Å²) in [6.45, 7) is 2.58. The molecule has 0 unspecified atom stereocenters. The fraction of sp³-hybridized carbons (Fsp3) is 0.571. The molecule has 0 N–H and O–H groups in total. The molecule has 122 valence electrons. The van der Waals surface area contributed by atoms with Crippen molar-refractivity contribution in [3.63, 3.8) is 0 Å². The number of carbonyl (C=O) groups excluding carboxylic acids is 1. The van der Waals surface area contributed by atoms with Gasteiger partial charge in [-0.1, -0.05) is 0 Å². The van der Waals surface area contributed by atoms with E-state index in [1.165, 1.54) is 0 Å². The van der Waals surface area contributed by atoms with E-state index in [0.29, 0.717) is 24.2 Å². The Kier molecular flexibility index (Phi) is 4.72. The van der Waals surface area contributed by atoms with Gasteiger partial charge in [0, 0.05) is 33.3 Å². The molecular formula is C14H17F3N2O3. The number of alkyl halides is 3. The molecule has 0 amide bonds. The van der Waals surface area contributed by atoms with Gasteiger partial charge in [0.1, 0.15) is 5.69 Å². The van der Waals surface area contributed by atoms with Crippen LogP contribution in [-0.2, 0) is 17.5 Å². The number of hydrogen-bond acceptors (Lipinski definition) is 4. The maximum absolute atomic E-state index is 13.0. The van der Waals surface area contributed by atoms with E-state index >= 15 is 0 Å². The monoisotopic (exact) mass is 318 g/mol. The first-order valence-corrected chi connectivity index (χ1v) is 6.81. The zero-order valence-electron chi connectivity index (χ0n) is 12.3. The predicted molar refractivity (Wildman–Crippen MR) is 72.9 cm³/mol. The highest BCUT2D eigenvalue weighted by Crippen LogP contribution is 2.28. The Bertz CT molecular complexity index is 619. The Morgan fingerprint density at radius 2 is 1.95 bits per heavy atom. The van der Waals surface area contributed by atoms with Crippen molar-refractivity contribution in [1.82, 2.24) is 9.47 Å². The predicted octanol–water partition coefficient (Wildman–Crippen LogP) is 1.40. The maximum Gasteiger partial charge on any atom is 0.431 e. The summed E-state index contributed by atoms with van der Waals surface area (Å²) in [5.41, 5.74) is -2.16. The zero-order valence-corrected chi connectivity index (χ0v) is 12.3. The standard InChI is InChI=1S/C14H17F3N2O3/c1-9(20)11-3-4-12(14(15,16)17)19(13(11)21)6-5-18-7-10(8-18)22-2/h3-4,10H,5-8H2,1-2H3. The summed E-state index contributed by atoms with van der Waals surface area (Å²) in [5.74, 6) is -0.545. The summed E-state index contributed by atoms with van der Waals surface area (Å²) in [6.07, 6.45) is -4.55. The van der Waals surface area contributed by atoms with Crippen molar-refractivity contribution in [3.8, 4) is 0 Å². The second-order valence-electron chi connectivity index (χ2n) is 5.26. The zero-order chi connectivity index (χ0) is 16.5. The molecule has 5 nitrogen and oxygen atoms in total. The third kappa shape index (κ3) is 3.38. The minimum Gasteiger partial charge on any atom is -0.379 e. The van der Waals surface area contributed by atoms with E-state index < -0.39 is 23.2 Å². The lowest BCUT2D eigenvalue weighted by atomic mass is 10.1. The summed E-state index contributed by atoms with van der Waals surface area (Å²) >= 11 is 0. The number of methoxy groups -OCH3 is 1. The second-order valence-corrected chi connectivity index (χ2v) is 5.26. The van der Waals surface area contributed by atoms with Crippen LogP contribution in [0.2, 0.25) is 0 Å².